The normalized spacial score (nSPS) is 13.1. The van der Waals surface area contributed by atoms with Gasteiger partial charge in [0.2, 0.25) is 11.7 Å². The number of methoxy groups -OCH3 is 3. The molecule has 1 atom stereocenters. The van der Waals surface area contributed by atoms with Gasteiger partial charge in [0.05, 0.1) is 27.5 Å². The summed E-state index contributed by atoms with van der Waals surface area (Å²) in [5, 5.41) is 5.62. The first-order valence-electron chi connectivity index (χ1n) is 11.4. The minimum atomic E-state index is -5.16. The van der Waals surface area contributed by atoms with Crippen molar-refractivity contribution in [3.63, 3.8) is 0 Å². The van der Waals surface area contributed by atoms with Crippen molar-refractivity contribution in [2.45, 2.75) is 19.4 Å². The van der Waals surface area contributed by atoms with Crippen LogP contribution in [0, 0.1) is 5.82 Å². The SMILES string of the molecule is COc1cc(Nc2ncc(F)c(Nc3ccc4c(n3)N(COP(=O)([O-])O)C(=O)C(C)(C)O4)n2)cc(OC)c1OC.O.O.O.O.O.O.[Na+]. The number of phosphoric acid groups is 1. The predicted octanol–water partition coefficient (Wildman–Crippen LogP) is -5.48. The molecule has 262 valence electrons. The number of halogens is 1. The van der Waals surface area contributed by atoms with Crippen LogP contribution in [0.2, 0.25) is 0 Å². The van der Waals surface area contributed by atoms with Crippen molar-refractivity contribution >= 4 is 42.8 Å². The van der Waals surface area contributed by atoms with Gasteiger partial charge in [0.25, 0.3) is 13.7 Å². The molecule has 1 unspecified atom stereocenters. The van der Waals surface area contributed by atoms with Gasteiger partial charge in [0, 0.05) is 17.8 Å². The fourth-order valence-electron chi connectivity index (χ4n) is 3.69. The first-order chi connectivity index (χ1) is 18.8. The molecule has 0 saturated carbocycles. The van der Waals surface area contributed by atoms with E-state index in [1.807, 2.05) is 0 Å². The second-order valence-electron chi connectivity index (χ2n) is 8.64. The van der Waals surface area contributed by atoms with Crippen LogP contribution in [0.25, 0.3) is 0 Å². The van der Waals surface area contributed by atoms with Gasteiger partial charge in [-0.15, -0.1) is 0 Å². The molecule has 0 spiro atoms. The first kappa shape index (κ1) is 50.4. The van der Waals surface area contributed by atoms with Crippen LogP contribution in [0.1, 0.15) is 13.8 Å². The summed E-state index contributed by atoms with van der Waals surface area (Å²) >= 11 is 0. The molecule has 21 nitrogen and oxygen atoms in total. The van der Waals surface area contributed by atoms with E-state index in [2.05, 4.69) is 30.1 Å². The number of nitrogens with one attached hydrogen (secondary N) is 2. The molecule has 0 bridgehead atoms. The van der Waals surface area contributed by atoms with E-state index >= 15 is 0 Å². The predicted molar refractivity (Wildman–Crippen MR) is 159 cm³/mol. The molecule has 1 aliphatic heterocycles. The van der Waals surface area contributed by atoms with Crippen molar-refractivity contribution in [3.8, 4) is 23.0 Å². The summed E-state index contributed by atoms with van der Waals surface area (Å²) in [7, 11) is -0.780. The Morgan fingerprint density at radius 3 is 2.09 bits per heavy atom. The van der Waals surface area contributed by atoms with Gasteiger partial charge in [-0.1, -0.05) is 0 Å². The van der Waals surface area contributed by atoms with Gasteiger partial charge in [-0.3, -0.25) is 18.8 Å². The molecule has 4 rings (SSSR count). The van der Waals surface area contributed by atoms with Gasteiger partial charge >= 0.3 is 29.6 Å². The molecule has 1 aliphatic rings. The minimum Gasteiger partial charge on any atom is -0.756 e. The molecule has 3 aromatic rings. The van der Waals surface area contributed by atoms with Gasteiger partial charge < -0.3 is 72.2 Å². The Labute approximate surface area is 288 Å². The van der Waals surface area contributed by atoms with E-state index < -0.39 is 31.9 Å². The molecule has 0 aliphatic carbocycles. The molecule has 2 aromatic heterocycles. The van der Waals surface area contributed by atoms with Crippen molar-refractivity contribution < 1.29 is 109 Å². The second-order valence-corrected chi connectivity index (χ2v) is 9.84. The number of benzene rings is 1. The molecule has 0 radical (unpaired) electrons. The number of nitrogens with zero attached hydrogens (tertiary/aromatic N) is 4. The number of hydrogen-bond acceptors (Lipinski definition) is 13. The zero-order valence-electron chi connectivity index (χ0n) is 25.9. The summed E-state index contributed by atoms with van der Waals surface area (Å²) in [6.45, 7) is 2.06. The van der Waals surface area contributed by atoms with E-state index in [9.17, 15) is 18.6 Å². The zero-order chi connectivity index (χ0) is 29.2. The van der Waals surface area contributed by atoms with Gasteiger partial charge in [0.1, 0.15) is 12.5 Å². The van der Waals surface area contributed by atoms with Crippen LogP contribution in [0.3, 0.4) is 0 Å². The van der Waals surface area contributed by atoms with Gasteiger partial charge in [0.15, 0.2) is 40.3 Å². The van der Waals surface area contributed by atoms with Crippen LogP contribution >= 0.6 is 7.82 Å². The van der Waals surface area contributed by atoms with E-state index in [-0.39, 0.29) is 91.6 Å². The van der Waals surface area contributed by atoms with Crippen LogP contribution < -0.4 is 68.9 Å². The number of aromatic nitrogens is 3. The Balaban J connectivity index is -0.00000132. The van der Waals surface area contributed by atoms with E-state index in [1.54, 1.807) is 12.1 Å². The van der Waals surface area contributed by atoms with Gasteiger partial charge in [-0.05, 0) is 26.0 Å². The Kier molecular flexibility index (Phi) is 21.5. The number of phosphoric ester groups is 1. The van der Waals surface area contributed by atoms with Gasteiger partial charge in [-0.2, -0.15) is 4.98 Å². The number of amides is 1. The largest absolute Gasteiger partial charge is 1.00 e. The van der Waals surface area contributed by atoms with E-state index in [1.165, 1.54) is 47.3 Å². The number of anilines is 5. The van der Waals surface area contributed by atoms with Crippen molar-refractivity contribution in [1.82, 2.24) is 15.0 Å². The third-order valence-corrected chi connectivity index (χ3v) is 5.92. The topological polar surface area (TPSA) is 379 Å². The summed E-state index contributed by atoms with van der Waals surface area (Å²) in [5.41, 5.74) is -0.936. The molecular weight excluding hydrogens is 673 g/mol. The van der Waals surface area contributed by atoms with E-state index in [0.29, 0.717) is 22.9 Å². The van der Waals surface area contributed by atoms with Crippen LogP contribution in [-0.2, 0) is 13.9 Å². The van der Waals surface area contributed by atoms with Crippen LogP contribution in [0.5, 0.6) is 23.0 Å². The third-order valence-electron chi connectivity index (χ3n) is 5.48. The smallest absolute Gasteiger partial charge is 0.756 e. The maximum Gasteiger partial charge on any atom is 1.00 e. The number of pyridine rings is 1. The minimum absolute atomic E-state index is 0. The standard InChI is InChI=1S/C23H26FN6O9P.Na.6H2O/c1-23(2)21(31)30(11-38-40(32,33)34)20-14(39-23)6-7-17(28-20)27-19-13(24)10-25-22(29-19)26-12-8-15(35-3)18(37-5)16(9-12)36-4;;;;;;;/h6-10H,11H2,1-5H3,(H2,32,33,34)(H2,25,26,27,28,29);;6*1H2/q;+1;;;;;;/p-1. The van der Waals surface area contributed by atoms with Crippen LogP contribution in [-0.4, -0.2) is 92.3 Å². The molecule has 3 heterocycles. The van der Waals surface area contributed by atoms with Crippen LogP contribution in [0.4, 0.5) is 33.5 Å². The third kappa shape index (κ3) is 11.6. The maximum atomic E-state index is 14.7. The Morgan fingerprint density at radius 1 is 1.00 bits per heavy atom. The van der Waals surface area contributed by atoms with Crippen molar-refractivity contribution in [3.05, 3.63) is 36.3 Å². The number of hydrogen-bond donors (Lipinski definition) is 3. The van der Waals surface area contributed by atoms with E-state index in [0.717, 1.165) is 11.1 Å². The number of rotatable bonds is 10. The van der Waals surface area contributed by atoms with Crippen molar-refractivity contribution in [2.75, 3.05) is 43.6 Å². The summed E-state index contributed by atoms with van der Waals surface area (Å²) in [4.78, 5) is 46.2. The molecule has 0 fully saturated rings. The molecule has 47 heavy (non-hydrogen) atoms. The second kappa shape index (κ2) is 20.0. The average molecular weight is 711 g/mol. The molecule has 1 amide bonds. The fraction of sp³-hybridized carbons (Fsp3) is 0.304. The fourth-order valence-corrected chi connectivity index (χ4v) is 3.95. The monoisotopic (exact) mass is 710 g/mol. The average Bonchev–Trinajstić information content (AvgIpc) is 2.89. The molecule has 15 N–H and O–H groups in total. The number of ether oxygens (including phenoxy) is 4. The maximum absolute atomic E-state index is 14.7. The van der Waals surface area contributed by atoms with Crippen LogP contribution in [0.15, 0.2) is 30.5 Å². The summed E-state index contributed by atoms with van der Waals surface area (Å²) < 4.78 is 51.9. The summed E-state index contributed by atoms with van der Waals surface area (Å²) in [5.74, 6) is -0.678. The van der Waals surface area contributed by atoms with E-state index in [4.69, 9.17) is 23.8 Å². The Hall–Kier alpha value is -3.48. The Bertz CT molecular complexity index is 1480. The zero-order valence-corrected chi connectivity index (χ0v) is 28.8. The number of carbonyl (C=O) groups is 1. The molecule has 24 heteroatoms. The molecular formula is C23H37FN6NaO15P. The van der Waals surface area contributed by atoms with Crippen molar-refractivity contribution in [2.24, 2.45) is 0 Å². The van der Waals surface area contributed by atoms with Gasteiger partial charge in [-0.25, -0.2) is 14.4 Å². The molecule has 0 saturated heterocycles. The number of carbonyl (C=O) groups excluding carboxylic acids is 1. The Morgan fingerprint density at radius 2 is 1.57 bits per heavy atom. The summed E-state index contributed by atoms with van der Waals surface area (Å²) in [6.07, 6.45) is 0.927. The quantitative estimate of drug-likeness (QED) is 0.131. The molecule has 1 aromatic carbocycles. The van der Waals surface area contributed by atoms with Crippen molar-refractivity contribution in [1.29, 1.82) is 0 Å². The summed E-state index contributed by atoms with van der Waals surface area (Å²) in [6, 6.07) is 6.08. The number of fused-ring (bicyclic) bond motifs is 1. The first-order valence-corrected chi connectivity index (χ1v) is 12.9.